The first kappa shape index (κ1) is 13.9. The van der Waals surface area contributed by atoms with Crippen LogP contribution < -0.4 is 10.1 Å². The average Bonchev–Trinajstić information content (AvgIpc) is 2.43. The maximum Gasteiger partial charge on any atom is 0.145 e. The molecular formula is C14H17ClN2O2. The summed E-state index contributed by atoms with van der Waals surface area (Å²) in [7, 11) is 1.63. The Bertz CT molecular complexity index is 575. The number of ether oxygens (including phenoxy) is 1. The molecule has 2 aromatic rings. The number of halogens is 1. The van der Waals surface area contributed by atoms with Crippen LogP contribution in [0.15, 0.2) is 24.3 Å². The highest BCUT2D eigenvalue weighted by atomic mass is 35.5. The zero-order valence-electron chi connectivity index (χ0n) is 11.0. The average molecular weight is 281 g/mol. The summed E-state index contributed by atoms with van der Waals surface area (Å²) in [5.41, 5.74) is 2.66. The molecule has 2 rings (SSSR count). The lowest BCUT2D eigenvalue weighted by molar-refractivity contribution is 0.211. The van der Waals surface area contributed by atoms with E-state index in [1.54, 1.807) is 7.11 Å². The number of benzene rings is 1. The fraction of sp³-hybridized carbons (Fsp3) is 0.357. The van der Waals surface area contributed by atoms with Crippen LogP contribution in [-0.2, 0) is 0 Å². The minimum absolute atomic E-state index is 0.207. The van der Waals surface area contributed by atoms with Gasteiger partial charge in [-0.15, -0.1) is 11.6 Å². The Balaban J connectivity index is 2.40. The molecular weight excluding hydrogens is 264 g/mol. The van der Waals surface area contributed by atoms with Gasteiger partial charge in [0.05, 0.1) is 19.1 Å². The molecule has 0 spiro atoms. The molecule has 1 atom stereocenters. The van der Waals surface area contributed by atoms with Gasteiger partial charge in [-0.3, -0.25) is 0 Å². The number of anilines is 1. The Labute approximate surface area is 117 Å². The van der Waals surface area contributed by atoms with E-state index in [0.717, 1.165) is 28.0 Å². The third kappa shape index (κ3) is 3.08. The fourth-order valence-corrected chi connectivity index (χ4v) is 2.00. The van der Waals surface area contributed by atoms with Crippen molar-refractivity contribution in [1.82, 2.24) is 4.98 Å². The standard InChI is InChI=1S/C14H17ClN2O2/c1-9-3-4-11-12(16-8-10(18)7-15)5-6-13(19-2)14(11)17-9/h3-6,10,16,18H,7-8H2,1-2H3. The smallest absolute Gasteiger partial charge is 0.145 e. The van der Waals surface area contributed by atoms with Crippen molar-refractivity contribution in [3.63, 3.8) is 0 Å². The molecule has 0 radical (unpaired) electrons. The maximum atomic E-state index is 9.50. The van der Waals surface area contributed by atoms with Crippen molar-refractivity contribution in [2.75, 3.05) is 24.9 Å². The lowest BCUT2D eigenvalue weighted by Crippen LogP contribution is -2.20. The van der Waals surface area contributed by atoms with Gasteiger partial charge in [0, 0.05) is 23.3 Å². The van der Waals surface area contributed by atoms with Crippen molar-refractivity contribution in [3.05, 3.63) is 30.0 Å². The van der Waals surface area contributed by atoms with Gasteiger partial charge in [-0.2, -0.15) is 0 Å². The number of alkyl halides is 1. The van der Waals surface area contributed by atoms with Gasteiger partial charge >= 0.3 is 0 Å². The Morgan fingerprint density at radius 3 is 2.84 bits per heavy atom. The van der Waals surface area contributed by atoms with E-state index in [9.17, 15) is 5.11 Å². The second kappa shape index (κ2) is 6.08. The lowest BCUT2D eigenvalue weighted by Gasteiger charge is -2.14. The first-order valence-corrected chi connectivity index (χ1v) is 6.61. The highest BCUT2D eigenvalue weighted by molar-refractivity contribution is 6.18. The van der Waals surface area contributed by atoms with Crippen LogP contribution in [0.3, 0.4) is 0 Å². The number of rotatable bonds is 5. The van der Waals surface area contributed by atoms with E-state index in [1.807, 2.05) is 31.2 Å². The molecule has 1 unspecified atom stereocenters. The van der Waals surface area contributed by atoms with Crippen molar-refractivity contribution in [1.29, 1.82) is 0 Å². The monoisotopic (exact) mass is 280 g/mol. The summed E-state index contributed by atoms with van der Waals surface area (Å²) >= 11 is 5.58. The number of pyridine rings is 1. The molecule has 1 aromatic carbocycles. The zero-order chi connectivity index (χ0) is 13.8. The highest BCUT2D eigenvalue weighted by Gasteiger charge is 2.09. The van der Waals surface area contributed by atoms with E-state index in [1.165, 1.54) is 0 Å². The molecule has 0 aliphatic rings. The zero-order valence-corrected chi connectivity index (χ0v) is 11.7. The van der Waals surface area contributed by atoms with Gasteiger partial charge in [-0.05, 0) is 31.2 Å². The summed E-state index contributed by atoms with van der Waals surface area (Å²) < 4.78 is 5.32. The van der Waals surface area contributed by atoms with Gasteiger partial charge < -0.3 is 15.2 Å². The van der Waals surface area contributed by atoms with Crippen LogP contribution in [0.25, 0.3) is 10.9 Å². The van der Waals surface area contributed by atoms with E-state index in [0.29, 0.717) is 6.54 Å². The van der Waals surface area contributed by atoms with E-state index < -0.39 is 6.10 Å². The fourth-order valence-electron chi connectivity index (χ4n) is 1.89. The second-order valence-corrected chi connectivity index (χ2v) is 4.66. The predicted octanol–water partition coefficient (Wildman–Crippen LogP) is 2.56. The lowest BCUT2D eigenvalue weighted by atomic mass is 10.1. The topological polar surface area (TPSA) is 54.4 Å². The molecule has 19 heavy (non-hydrogen) atoms. The maximum absolute atomic E-state index is 9.50. The number of fused-ring (bicyclic) bond motifs is 1. The summed E-state index contributed by atoms with van der Waals surface area (Å²) in [5.74, 6) is 0.945. The number of hydrogen-bond acceptors (Lipinski definition) is 4. The van der Waals surface area contributed by atoms with Crippen LogP contribution in [0.1, 0.15) is 5.69 Å². The summed E-state index contributed by atoms with van der Waals surface area (Å²) in [6.45, 7) is 2.34. The Morgan fingerprint density at radius 1 is 1.37 bits per heavy atom. The number of aliphatic hydroxyl groups excluding tert-OH is 1. The largest absolute Gasteiger partial charge is 0.494 e. The van der Waals surface area contributed by atoms with E-state index in [-0.39, 0.29) is 5.88 Å². The van der Waals surface area contributed by atoms with Crippen molar-refractivity contribution in [2.45, 2.75) is 13.0 Å². The van der Waals surface area contributed by atoms with Crippen LogP contribution in [0, 0.1) is 6.92 Å². The molecule has 1 heterocycles. The van der Waals surface area contributed by atoms with Gasteiger partial charge in [0.1, 0.15) is 11.3 Å². The molecule has 0 saturated carbocycles. The van der Waals surface area contributed by atoms with Crippen LogP contribution in [0.2, 0.25) is 0 Å². The minimum Gasteiger partial charge on any atom is -0.494 e. The Kier molecular flexibility index (Phi) is 4.45. The Hall–Kier alpha value is -1.52. The quantitative estimate of drug-likeness (QED) is 0.827. The number of methoxy groups -OCH3 is 1. The normalized spacial score (nSPS) is 12.4. The SMILES string of the molecule is COc1ccc(NCC(O)CCl)c2ccc(C)nc12. The first-order valence-electron chi connectivity index (χ1n) is 6.08. The molecule has 0 amide bonds. The third-order valence-corrected chi connectivity index (χ3v) is 3.24. The number of nitrogens with one attached hydrogen (secondary N) is 1. The molecule has 102 valence electrons. The highest BCUT2D eigenvalue weighted by Crippen LogP contribution is 2.30. The second-order valence-electron chi connectivity index (χ2n) is 4.35. The van der Waals surface area contributed by atoms with Crippen molar-refractivity contribution in [3.8, 4) is 5.75 Å². The number of hydrogen-bond donors (Lipinski definition) is 2. The van der Waals surface area contributed by atoms with Gasteiger partial charge in [-0.25, -0.2) is 4.98 Å². The molecule has 2 N–H and O–H groups in total. The first-order chi connectivity index (χ1) is 9.15. The van der Waals surface area contributed by atoms with Crippen LogP contribution >= 0.6 is 11.6 Å². The summed E-state index contributed by atoms with van der Waals surface area (Å²) in [5, 5.41) is 13.6. The van der Waals surface area contributed by atoms with Crippen LogP contribution in [0.4, 0.5) is 5.69 Å². The van der Waals surface area contributed by atoms with E-state index >= 15 is 0 Å². The van der Waals surface area contributed by atoms with Crippen molar-refractivity contribution < 1.29 is 9.84 Å². The number of aryl methyl sites for hydroxylation is 1. The van der Waals surface area contributed by atoms with Crippen LogP contribution in [0.5, 0.6) is 5.75 Å². The number of nitrogens with zero attached hydrogens (tertiary/aromatic N) is 1. The van der Waals surface area contributed by atoms with Crippen molar-refractivity contribution >= 4 is 28.2 Å². The molecule has 0 aliphatic carbocycles. The number of aromatic nitrogens is 1. The van der Waals surface area contributed by atoms with Gasteiger partial charge in [0.15, 0.2) is 0 Å². The molecule has 1 aromatic heterocycles. The molecule has 0 aliphatic heterocycles. The Morgan fingerprint density at radius 2 is 2.16 bits per heavy atom. The van der Waals surface area contributed by atoms with Gasteiger partial charge in [0.25, 0.3) is 0 Å². The van der Waals surface area contributed by atoms with Crippen LogP contribution in [-0.4, -0.2) is 35.7 Å². The van der Waals surface area contributed by atoms with Gasteiger partial charge in [0.2, 0.25) is 0 Å². The number of aliphatic hydroxyl groups is 1. The van der Waals surface area contributed by atoms with E-state index in [2.05, 4.69) is 10.3 Å². The molecule has 0 saturated heterocycles. The molecule has 0 fully saturated rings. The molecule has 5 heteroatoms. The molecule has 4 nitrogen and oxygen atoms in total. The van der Waals surface area contributed by atoms with Gasteiger partial charge in [-0.1, -0.05) is 0 Å². The summed E-state index contributed by atoms with van der Waals surface area (Å²) in [4.78, 5) is 4.50. The minimum atomic E-state index is -0.572. The third-order valence-electron chi connectivity index (χ3n) is 2.89. The van der Waals surface area contributed by atoms with E-state index in [4.69, 9.17) is 16.3 Å². The summed E-state index contributed by atoms with van der Waals surface area (Å²) in [6.07, 6.45) is -0.572. The predicted molar refractivity (Wildman–Crippen MR) is 78.2 cm³/mol. The van der Waals surface area contributed by atoms with Crippen molar-refractivity contribution in [2.24, 2.45) is 0 Å². The molecule has 0 bridgehead atoms. The summed E-state index contributed by atoms with van der Waals surface area (Å²) in [6, 6.07) is 7.73.